The number of anilines is 1. The molecule has 17 heavy (non-hydrogen) atoms. The van der Waals surface area contributed by atoms with Crippen molar-refractivity contribution in [1.29, 1.82) is 0 Å². The first-order valence-electron chi connectivity index (χ1n) is 6.25. The van der Waals surface area contributed by atoms with Crippen molar-refractivity contribution in [3.05, 3.63) is 29.8 Å². The number of benzene rings is 1. The van der Waals surface area contributed by atoms with Crippen LogP contribution in [0.3, 0.4) is 0 Å². The zero-order valence-electron chi connectivity index (χ0n) is 10.5. The van der Waals surface area contributed by atoms with Crippen molar-refractivity contribution in [2.24, 2.45) is 5.92 Å². The molecule has 0 atom stereocenters. The van der Waals surface area contributed by atoms with E-state index in [9.17, 15) is 4.79 Å². The van der Waals surface area contributed by atoms with Gasteiger partial charge in [-0.05, 0) is 42.6 Å². The van der Waals surface area contributed by atoms with Crippen molar-refractivity contribution in [3.63, 3.8) is 0 Å². The van der Waals surface area contributed by atoms with Crippen LogP contribution < -0.4 is 10.6 Å². The number of carbonyl (C=O) groups is 1. The predicted octanol–water partition coefficient (Wildman–Crippen LogP) is 2.36. The number of carbonyl (C=O) groups excluding carboxylic acids is 1. The van der Waals surface area contributed by atoms with Gasteiger partial charge < -0.3 is 10.6 Å². The molecule has 1 amide bonds. The third kappa shape index (κ3) is 3.30. The van der Waals surface area contributed by atoms with Gasteiger partial charge in [0.05, 0.1) is 0 Å². The van der Waals surface area contributed by atoms with Gasteiger partial charge in [-0.3, -0.25) is 4.79 Å². The standard InChI is InChI=1S/C14H20N2O/c1-10(2)12-3-5-13(6-4-12)16-14(17)7-11-8-15-9-11/h3-6,10-11,15H,7-9H2,1-2H3,(H,16,17). The SMILES string of the molecule is CC(C)c1ccc(NC(=O)CC2CNC2)cc1. The van der Waals surface area contributed by atoms with Gasteiger partial charge in [0.15, 0.2) is 0 Å². The highest BCUT2D eigenvalue weighted by atomic mass is 16.1. The lowest BCUT2D eigenvalue weighted by Gasteiger charge is -2.26. The van der Waals surface area contributed by atoms with Crippen molar-refractivity contribution in [2.75, 3.05) is 18.4 Å². The summed E-state index contributed by atoms with van der Waals surface area (Å²) < 4.78 is 0. The number of hydrogen-bond donors (Lipinski definition) is 2. The molecule has 1 aliphatic rings. The van der Waals surface area contributed by atoms with E-state index in [1.54, 1.807) is 0 Å². The monoisotopic (exact) mass is 232 g/mol. The van der Waals surface area contributed by atoms with Gasteiger partial charge in [-0.1, -0.05) is 26.0 Å². The lowest BCUT2D eigenvalue weighted by molar-refractivity contribution is -0.117. The van der Waals surface area contributed by atoms with Crippen LogP contribution in [0.5, 0.6) is 0 Å². The third-order valence-electron chi connectivity index (χ3n) is 3.20. The van der Waals surface area contributed by atoms with Crippen LogP contribution >= 0.6 is 0 Å². The van der Waals surface area contributed by atoms with Crippen LogP contribution in [0.4, 0.5) is 5.69 Å². The summed E-state index contributed by atoms with van der Waals surface area (Å²) in [5.74, 6) is 1.17. The molecule has 0 aliphatic carbocycles. The van der Waals surface area contributed by atoms with E-state index in [-0.39, 0.29) is 5.91 Å². The molecule has 1 heterocycles. The van der Waals surface area contributed by atoms with Gasteiger partial charge in [-0.2, -0.15) is 0 Å². The second-order valence-corrected chi connectivity index (χ2v) is 5.05. The van der Waals surface area contributed by atoms with Gasteiger partial charge in [0.25, 0.3) is 0 Å². The Hall–Kier alpha value is -1.35. The highest BCUT2D eigenvalue weighted by Crippen LogP contribution is 2.18. The minimum atomic E-state index is 0.119. The Bertz CT molecular complexity index is 380. The summed E-state index contributed by atoms with van der Waals surface area (Å²) in [6, 6.07) is 8.11. The van der Waals surface area contributed by atoms with E-state index in [1.807, 2.05) is 12.1 Å². The first kappa shape index (κ1) is 12.1. The van der Waals surface area contributed by atoms with Crippen LogP contribution in [0.2, 0.25) is 0 Å². The Morgan fingerprint density at radius 1 is 1.35 bits per heavy atom. The number of rotatable bonds is 4. The molecule has 0 unspecified atom stereocenters. The summed E-state index contributed by atoms with van der Waals surface area (Å²) in [6.07, 6.45) is 0.624. The third-order valence-corrected chi connectivity index (χ3v) is 3.20. The van der Waals surface area contributed by atoms with Crippen molar-refractivity contribution >= 4 is 11.6 Å². The van der Waals surface area contributed by atoms with Crippen LogP contribution in [-0.4, -0.2) is 19.0 Å². The molecule has 0 saturated carbocycles. The topological polar surface area (TPSA) is 41.1 Å². The van der Waals surface area contributed by atoms with E-state index >= 15 is 0 Å². The zero-order chi connectivity index (χ0) is 12.3. The molecule has 0 spiro atoms. The van der Waals surface area contributed by atoms with Gasteiger partial charge >= 0.3 is 0 Å². The van der Waals surface area contributed by atoms with E-state index in [0.717, 1.165) is 18.8 Å². The van der Waals surface area contributed by atoms with E-state index in [4.69, 9.17) is 0 Å². The second-order valence-electron chi connectivity index (χ2n) is 5.05. The molecule has 0 aromatic heterocycles. The van der Waals surface area contributed by atoms with Crippen LogP contribution in [0.15, 0.2) is 24.3 Å². The molecule has 1 fully saturated rings. The summed E-state index contributed by atoms with van der Waals surface area (Å²) in [7, 11) is 0. The fourth-order valence-corrected chi connectivity index (χ4v) is 1.92. The molecular formula is C14H20N2O. The molecule has 0 radical (unpaired) electrons. The molecule has 3 heteroatoms. The first-order chi connectivity index (χ1) is 8.15. The number of amides is 1. The summed E-state index contributed by atoms with van der Waals surface area (Å²) in [4.78, 5) is 11.7. The van der Waals surface area contributed by atoms with Gasteiger partial charge in [0.2, 0.25) is 5.91 Å². The summed E-state index contributed by atoms with van der Waals surface area (Å²) in [5, 5.41) is 6.11. The molecule has 2 N–H and O–H groups in total. The fourth-order valence-electron chi connectivity index (χ4n) is 1.92. The van der Waals surface area contributed by atoms with Crippen molar-refractivity contribution < 1.29 is 4.79 Å². The zero-order valence-corrected chi connectivity index (χ0v) is 10.5. The van der Waals surface area contributed by atoms with Crippen LogP contribution in [0, 0.1) is 5.92 Å². The highest BCUT2D eigenvalue weighted by Gasteiger charge is 2.19. The summed E-state index contributed by atoms with van der Waals surface area (Å²) in [5.41, 5.74) is 2.19. The molecule has 1 aromatic carbocycles. The van der Waals surface area contributed by atoms with Crippen LogP contribution in [0.1, 0.15) is 31.7 Å². The maximum Gasteiger partial charge on any atom is 0.224 e. The van der Waals surface area contributed by atoms with Crippen molar-refractivity contribution in [2.45, 2.75) is 26.2 Å². The normalized spacial score (nSPS) is 15.7. The molecule has 1 saturated heterocycles. The van der Waals surface area contributed by atoms with Gasteiger partial charge in [-0.25, -0.2) is 0 Å². The Morgan fingerprint density at radius 3 is 2.47 bits per heavy atom. The fraction of sp³-hybridized carbons (Fsp3) is 0.500. The highest BCUT2D eigenvalue weighted by molar-refractivity contribution is 5.90. The smallest absolute Gasteiger partial charge is 0.224 e. The average molecular weight is 232 g/mol. The first-order valence-corrected chi connectivity index (χ1v) is 6.25. The van der Waals surface area contributed by atoms with Crippen molar-refractivity contribution in [3.8, 4) is 0 Å². The van der Waals surface area contributed by atoms with Gasteiger partial charge in [-0.15, -0.1) is 0 Å². The maximum absolute atomic E-state index is 11.7. The summed E-state index contributed by atoms with van der Waals surface area (Å²) in [6.45, 7) is 6.27. The Labute approximate surface area is 103 Å². The quantitative estimate of drug-likeness (QED) is 0.836. The van der Waals surface area contributed by atoms with Crippen molar-refractivity contribution in [1.82, 2.24) is 5.32 Å². The average Bonchev–Trinajstić information content (AvgIpc) is 2.24. The minimum Gasteiger partial charge on any atom is -0.326 e. The number of hydrogen-bond acceptors (Lipinski definition) is 2. The second kappa shape index (κ2) is 5.32. The van der Waals surface area contributed by atoms with Crippen LogP contribution in [-0.2, 0) is 4.79 Å². The molecule has 1 aliphatic heterocycles. The van der Waals surface area contributed by atoms with E-state index in [1.165, 1.54) is 5.56 Å². The molecule has 2 rings (SSSR count). The molecule has 3 nitrogen and oxygen atoms in total. The Kier molecular flexibility index (Phi) is 3.79. The maximum atomic E-state index is 11.7. The van der Waals surface area contributed by atoms with E-state index in [2.05, 4.69) is 36.6 Å². The van der Waals surface area contributed by atoms with Crippen LogP contribution in [0.25, 0.3) is 0 Å². The lowest BCUT2D eigenvalue weighted by atomic mass is 9.99. The van der Waals surface area contributed by atoms with Gasteiger partial charge in [0.1, 0.15) is 0 Å². The molecule has 1 aromatic rings. The number of nitrogens with one attached hydrogen (secondary N) is 2. The molecular weight excluding hydrogens is 212 g/mol. The predicted molar refractivity (Wildman–Crippen MR) is 70.1 cm³/mol. The van der Waals surface area contributed by atoms with E-state index in [0.29, 0.717) is 18.3 Å². The summed E-state index contributed by atoms with van der Waals surface area (Å²) >= 11 is 0. The lowest BCUT2D eigenvalue weighted by Crippen LogP contribution is -2.43. The Morgan fingerprint density at radius 2 is 2.00 bits per heavy atom. The largest absolute Gasteiger partial charge is 0.326 e. The molecule has 92 valence electrons. The van der Waals surface area contributed by atoms with E-state index < -0.39 is 0 Å². The van der Waals surface area contributed by atoms with Gasteiger partial charge in [0, 0.05) is 12.1 Å². The molecule has 0 bridgehead atoms. The minimum absolute atomic E-state index is 0.119. The Balaban J connectivity index is 1.87.